The third kappa shape index (κ3) is 5.38. The Balaban J connectivity index is 0.00000361. The zero-order chi connectivity index (χ0) is 14.6. The number of nitrogens with two attached hydrogens (primary N) is 1. The van der Waals surface area contributed by atoms with E-state index >= 15 is 0 Å². The van der Waals surface area contributed by atoms with Crippen molar-refractivity contribution in [1.29, 1.82) is 0 Å². The molecule has 114 valence electrons. The maximum Gasteiger partial charge on any atom is 0.416 e. The van der Waals surface area contributed by atoms with E-state index < -0.39 is 17.8 Å². The first-order chi connectivity index (χ1) is 8.71. The van der Waals surface area contributed by atoms with Gasteiger partial charge in [-0.15, -0.1) is 12.4 Å². The second-order valence-electron chi connectivity index (χ2n) is 4.69. The molecule has 1 rings (SSSR count). The second kappa shape index (κ2) is 7.50. The van der Waals surface area contributed by atoms with Crippen LogP contribution in [0, 0.1) is 5.92 Å². The predicted octanol–water partition coefficient (Wildman–Crippen LogP) is 2.73. The van der Waals surface area contributed by atoms with E-state index in [0.29, 0.717) is 5.56 Å². The van der Waals surface area contributed by atoms with E-state index in [1.54, 1.807) is 13.8 Å². The van der Waals surface area contributed by atoms with E-state index in [0.717, 1.165) is 12.1 Å². The zero-order valence-electron chi connectivity index (χ0n) is 11.2. The van der Waals surface area contributed by atoms with Gasteiger partial charge in [0.1, 0.15) is 0 Å². The van der Waals surface area contributed by atoms with Crippen molar-refractivity contribution < 1.29 is 18.0 Å². The molecular formula is C13H18ClF3N2O. The van der Waals surface area contributed by atoms with Crippen molar-refractivity contribution in [2.24, 2.45) is 11.7 Å². The van der Waals surface area contributed by atoms with Gasteiger partial charge in [0, 0.05) is 6.54 Å². The molecule has 0 spiro atoms. The molecule has 3 nitrogen and oxygen atoms in total. The van der Waals surface area contributed by atoms with Gasteiger partial charge < -0.3 is 11.1 Å². The number of carbonyl (C=O) groups is 1. The summed E-state index contributed by atoms with van der Waals surface area (Å²) in [6.45, 7) is 3.63. The molecule has 1 aromatic rings. The van der Waals surface area contributed by atoms with Gasteiger partial charge in [0.2, 0.25) is 5.91 Å². The summed E-state index contributed by atoms with van der Waals surface area (Å²) in [6.07, 6.45) is -4.38. The van der Waals surface area contributed by atoms with Gasteiger partial charge in [-0.3, -0.25) is 4.79 Å². The number of nitrogens with one attached hydrogen (secondary N) is 1. The number of benzene rings is 1. The van der Waals surface area contributed by atoms with Gasteiger partial charge in [-0.05, 0) is 23.6 Å². The topological polar surface area (TPSA) is 55.1 Å². The normalized spacial score (nSPS) is 12.8. The maximum atomic E-state index is 12.5. The number of amides is 1. The Labute approximate surface area is 122 Å². The van der Waals surface area contributed by atoms with Crippen LogP contribution in [0.5, 0.6) is 0 Å². The summed E-state index contributed by atoms with van der Waals surface area (Å²) in [7, 11) is 0. The van der Waals surface area contributed by atoms with Crippen LogP contribution in [0.4, 0.5) is 13.2 Å². The van der Waals surface area contributed by atoms with Crippen LogP contribution in [0.15, 0.2) is 24.3 Å². The molecule has 0 saturated carbocycles. The van der Waals surface area contributed by atoms with Crippen molar-refractivity contribution >= 4 is 18.3 Å². The quantitative estimate of drug-likeness (QED) is 0.898. The number of carbonyl (C=O) groups excluding carboxylic acids is 1. The lowest BCUT2D eigenvalue weighted by Gasteiger charge is -2.15. The fraction of sp³-hybridized carbons (Fsp3) is 0.462. The predicted molar refractivity (Wildman–Crippen MR) is 73.4 cm³/mol. The summed E-state index contributed by atoms with van der Waals surface area (Å²) in [6, 6.07) is 4.18. The van der Waals surface area contributed by atoms with Crippen LogP contribution in [-0.4, -0.2) is 11.9 Å². The molecule has 0 radical (unpaired) electrons. The highest BCUT2D eigenvalue weighted by molar-refractivity contribution is 5.85. The smallest absolute Gasteiger partial charge is 0.351 e. The highest BCUT2D eigenvalue weighted by Gasteiger charge is 2.30. The van der Waals surface area contributed by atoms with Crippen LogP contribution < -0.4 is 11.1 Å². The molecule has 0 aromatic heterocycles. The number of hydrogen-bond donors (Lipinski definition) is 2. The molecule has 0 aliphatic carbocycles. The monoisotopic (exact) mass is 310 g/mol. The zero-order valence-corrected chi connectivity index (χ0v) is 12.0. The molecule has 3 N–H and O–H groups in total. The van der Waals surface area contributed by atoms with Crippen molar-refractivity contribution in [2.75, 3.05) is 0 Å². The lowest BCUT2D eigenvalue weighted by atomic mass is 10.0. The Morgan fingerprint density at radius 3 is 2.45 bits per heavy atom. The van der Waals surface area contributed by atoms with E-state index in [2.05, 4.69) is 5.32 Å². The van der Waals surface area contributed by atoms with Crippen LogP contribution in [0.25, 0.3) is 0 Å². The molecule has 7 heteroatoms. The van der Waals surface area contributed by atoms with Gasteiger partial charge in [0.05, 0.1) is 11.6 Å². The molecule has 0 aliphatic rings. The van der Waals surface area contributed by atoms with Gasteiger partial charge in [-0.1, -0.05) is 26.0 Å². The first kappa shape index (κ1) is 18.7. The molecule has 0 heterocycles. The minimum atomic E-state index is -4.38. The number of hydrogen-bond acceptors (Lipinski definition) is 2. The Bertz CT molecular complexity index is 449. The lowest BCUT2D eigenvalue weighted by Crippen LogP contribution is -2.43. The fourth-order valence-electron chi connectivity index (χ4n) is 1.47. The number of rotatable bonds is 4. The number of halogens is 4. The molecule has 0 fully saturated rings. The van der Waals surface area contributed by atoms with Crippen LogP contribution in [0.3, 0.4) is 0 Å². The fourth-order valence-corrected chi connectivity index (χ4v) is 1.47. The largest absolute Gasteiger partial charge is 0.416 e. The molecule has 0 aliphatic heterocycles. The van der Waals surface area contributed by atoms with Crippen molar-refractivity contribution in [3.05, 3.63) is 35.4 Å². The highest BCUT2D eigenvalue weighted by atomic mass is 35.5. The average Bonchev–Trinajstić information content (AvgIpc) is 2.34. The van der Waals surface area contributed by atoms with E-state index in [4.69, 9.17) is 5.73 Å². The summed E-state index contributed by atoms with van der Waals surface area (Å²) in [5.41, 5.74) is 5.29. The summed E-state index contributed by atoms with van der Waals surface area (Å²) >= 11 is 0. The molecular weight excluding hydrogens is 293 g/mol. The Kier molecular flexibility index (Phi) is 7.02. The van der Waals surface area contributed by atoms with E-state index in [1.165, 1.54) is 12.1 Å². The van der Waals surface area contributed by atoms with E-state index in [1.807, 2.05) is 0 Å². The van der Waals surface area contributed by atoms with Crippen molar-refractivity contribution in [2.45, 2.75) is 32.6 Å². The van der Waals surface area contributed by atoms with Crippen molar-refractivity contribution in [3.8, 4) is 0 Å². The minimum Gasteiger partial charge on any atom is -0.351 e. The summed E-state index contributed by atoms with van der Waals surface area (Å²) < 4.78 is 37.5. The Hall–Kier alpha value is -1.27. The number of alkyl halides is 3. The SMILES string of the molecule is CC(C)[C@H](N)C(=O)NCc1cccc(C(F)(F)F)c1.Cl. The highest BCUT2D eigenvalue weighted by Crippen LogP contribution is 2.29. The minimum absolute atomic E-state index is 0. The molecule has 20 heavy (non-hydrogen) atoms. The van der Waals surface area contributed by atoms with E-state index in [9.17, 15) is 18.0 Å². The lowest BCUT2D eigenvalue weighted by molar-refractivity contribution is -0.137. The second-order valence-corrected chi connectivity index (χ2v) is 4.69. The molecule has 0 bridgehead atoms. The van der Waals surface area contributed by atoms with Crippen molar-refractivity contribution in [1.82, 2.24) is 5.32 Å². The molecule has 0 saturated heterocycles. The van der Waals surface area contributed by atoms with Crippen LogP contribution in [-0.2, 0) is 17.5 Å². The van der Waals surface area contributed by atoms with Crippen molar-refractivity contribution in [3.63, 3.8) is 0 Å². The standard InChI is InChI=1S/C13H17F3N2O.ClH/c1-8(2)11(17)12(19)18-7-9-4-3-5-10(6-9)13(14,15)16;/h3-6,8,11H,7,17H2,1-2H3,(H,18,19);1H/t11-;/m0./s1. The average molecular weight is 311 g/mol. The summed E-state index contributed by atoms with van der Waals surface area (Å²) in [4.78, 5) is 11.6. The first-order valence-electron chi connectivity index (χ1n) is 5.91. The van der Waals surface area contributed by atoms with Gasteiger partial charge in [-0.2, -0.15) is 13.2 Å². The first-order valence-corrected chi connectivity index (χ1v) is 5.91. The van der Waals surface area contributed by atoms with Gasteiger partial charge in [0.25, 0.3) is 0 Å². The summed E-state index contributed by atoms with van der Waals surface area (Å²) in [5.74, 6) is -0.395. The van der Waals surface area contributed by atoms with E-state index in [-0.39, 0.29) is 30.8 Å². The Morgan fingerprint density at radius 1 is 1.35 bits per heavy atom. The van der Waals surface area contributed by atoms with Crippen LogP contribution in [0.1, 0.15) is 25.0 Å². The maximum absolute atomic E-state index is 12.5. The van der Waals surface area contributed by atoms with Gasteiger partial charge >= 0.3 is 6.18 Å². The van der Waals surface area contributed by atoms with Crippen LogP contribution in [0.2, 0.25) is 0 Å². The molecule has 1 amide bonds. The van der Waals surface area contributed by atoms with Gasteiger partial charge in [-0.25, -0.2) is 0 Å². The molecule has 1 aromatic carbocycles. The summed E-state index contributed by atoms with van der Waals surface area (Å²) in [5, 5.41) is 2.53. The van der Waals surface area contributed by atoms with Crippen LogP contribution >= 0.6 is 12.4 Å². The third-order valence-electron chi connectivity index (χ3n) is 2.74. The van der Waals surface area contributed by atoms with Gasteiger partial charge in [0.15, 0.2) is 0 Å². The Morgan fingerprint density at radius 2 is 1.95 bits per heavy atom. The molecule has 0 unspecified atom stereocenters. The molecule has 1 atom stereocenters. The third-order valence-corrected chi connectivity index (χ3v) is 2.74.